The van der Waals surface area contributed by atoms with Crippen LogP contribution in [0.5, 0.6) is 0 Å². The maximum Gasteiger partial charge on any atom is 0.321 e. The standard InChI is InChI=1S/C11H17N5O2S/c1-11(2,3)8-13-10(19-16-8)14-9(17)12-6-7-4-5-18-15-7/h4-6H2,1-3H3,(H2,12,13,14,16,17). The van der Waals surface area contributed by atoms with Gasteiger partial charge in [0, 0.05) is 23.4 Å². The largest absolute Gasteiger partial charge is 0.395 e. The van der Waals surface area contributed by atoms with E-state index in [0.29, 0.717) is 18.3 Å². The van der Waals surface area contributed by atoms with Crippen molar-refractivity contribution >= 4 is 28.4 Å². The number of nitrogens with zero attached hydrogens (tertiary/aromatic N) is 3. The fraction of sp³-hybridized carbons (Fsp3) is 0.636. The van der Waals surface area contributed by atoms with Gasteiger partial charge in [-0.1, -0.05) is 25.9 Å². The summed E-state index contributed by atoms with van der Waals surface area (Å²) in [7, 11) is 0. The number of carbonyl (C=O) groups excluding carboxylic acids is 1. The number of amides is 2. The molecule has 8 heteroatoms. The Morgan fingerprint density at radius 2 is 2.26 bits per heavy atom. The molecule has 1 aliphatic rings. The van der Waals surface area contributed by atoms with E-state index in [1.165, 1.54) is 11.5 Å². The van der Waals surface area contributed by atoms with Crippen molar-refractivity contribution < 1.29 is 9.63 Å². The van der Waals surface area contributed by atoms with Crippen molar-refractivity contribution in [2.24, 2.45) is 5.16 Å². The first kappa shape index (κ1) is 13.7. The Morgan fingerprint density at radius 1 is 1.47 bits per heavy atom. The lowest BCUT2D eigenvalue weighted by Crippen LogP contribution is -2.32. The van der Waals surface area contributed by atoms with E-state index in [1.807, 2.05) is 20.8 Å². The summed E-state index contributed by atoms with van der Waals surface area (Å²) < 4.78 is 4.22. The molecule has 0 atom stereocenters. The predicted molar refractivity (Wildman–Crippen MR) is 73.6 cm³/mol. The molecule has 0 fully saturated rings. The van der Waals surface area contributed by atoms with Gasteiger partial charge in [-0.15, -0.1) is 0 Å². The number of nitrogens with one attached hydrogen (secondary N) is 2. The van der Waals surface area contributed by atoms with Crippen LogP contribution in [0, 0.1) is 0 Å². The molecule has 1 aromatic rings. The topological polar surface area (TPSA) is 88.5 Å². The van der Waals surface area contributed by atoms with Crippen molar-refractivity contribution in [3.63, 3.8) is 0 Å². The number of anilines is 1. The number of oxime groups is 1. The third kappa shape index (κ3) is 3.88. The van der Waals surface area contributed by atoms with Gasteiger partial charge in [-0.3, -0.25) is 5.32 Å². The molecule has 2 N–H and O–H groups in total. The van der Waals surface area contributed by atoms with Crippen LogP contribution in [-0.4, -0.2) is 34.3 Å². The summed E-state index contributed by atoms with van der Waals surface area (Å²) in [5.74, 6) is 0.723. The second-order valence-electron chi connectivity index (χ2n) is 5.22. The Labute approximate surface area is 115 Å². The van der Waals surface area contributed by atoms with Gasteiger partial charge in [0.15, 0.2) is 0 Å². The van der Waals surface area contributed by atoms with E-state index in [1.54, 1.807) is 0 Å². The van der Waals surface area contributed by atoms with Crippen LogP contribution in [0.4, 0.5) is 9.93 Å². The van der Waals surface area contributed by atoms with Crippen molar-refractivity contribution in [2.75, 3.05) is 18.5 Å². The fourth-order valence-corrected chi connectivity index (χ4v) is 2.12. The minimum absolute atomic E-state index is 0.122. The lowest BCUT2D eigenvalue weighted by molar-refractivity contribution is 0.173. The van der Waals surface area contributed by atoms with Crippen molar-refractivity contribution in [2.45, 2.75) is 32.6 Å². The Bertz CT molecular complexity index is 492. The molecule has 7 nitrogen and oxygen atoms in total. The van der Waals surface area contributed by atoms with E-state index in [0.717, 1.165) is 18.0 Å². The van der Waals surface area contributed by atoms with Gasteiger partial charge in [-0.05, 0) is 0 Å². The monoisotopic (exact) mass is 283 g/mol. The quantitative estimate of drug-likeness (QED) is 0.884. The summed E-state index contributed by atoms with van der Waals surface area (Å²) in [4.78, 5) is 20.8. The van der Waals surface area contributed by atoms with Crippen LogP contribution in [0.2, 0.25) is 0 Å². The molecule has 0 radical (unpaired) electrons. The van der Waals surface area contributed by atoms with Gasteiger partial charge >= 0.3 is 6.03 Å². The van der Waals surface area contributed by atoms with Crippen LogP contribution in [0.25, 0.3) is 0 Å². The molecule has 1 aliphatic heterocycles. The zero-order chi connectivity index (χ0) is 13.9. The van der Waals surface area contributed by atoms with Gasteiger partial charge in [0.05, 0.1) is 12.3 Å². The summed E-state index contributed by atoms with van der Waals surface area (Å²) in [5, 5.41) is 9.65. The van der Waals surface area contributed by atoms with E-state index in [9.17, 15) is 4.79 Å². The maximum absolute atomic E-state index is 11.6. The molecule has 2 rings (SSSR count). The first-order valence-corrected chi connectivity index (χ1v) is 6.79. The van der Waals surface area contributed by atoms with Gasteiger partial charge in [0.1, 0.15) is 12.4 Å². The highest BCUT2D eigenvalue weighted by Gasteiger charge is 2.20. The number of rotatable bonds is 3. The van der Waals surface area contributed by atoms with Crippen molar-refractivity contribution in [3.05, 3.63) is 5.82 Å². The second kappa shape index (κ2) is 5.52. The van der Waals surface area contributed by atoms with Crippen molar-refractivity contribution in [1.29, 1.82) is 0 Å². The van der Waals surface area contributed by atoms with Gasteiger partial charge in [0.25, 0.3) is 0 Å². The SMILES string of the molecule is CC(C)(C)c1nsc(NC(=O)NCC2=NOCC2)n1. The molecule has 0 unspecified atom stereocenters. The van der Waals surface area contributed by atoms with E-state index in [-0.39, 0.29) is 11.4 Å². The minimum Gasteiger partial charge on any atom is -0.395 e. The highest BCUT2D eigenvalue weighted by Crippen LogP contribution is 2.22. The molecule has 0 aliphatic carbocycles. The van der Waals surface area contributed by atoms with E-state index < -0.39 is 0 Å². The summed E-state index contributed by atoms with van der Waals surface area (Å²) in [6, 6.07) is -0.314. The highest BCUT2D eigenvalue weighted by molar-refractivity contribution is 7.09. The predicted octanol–water partition coefficient (Wildman–Crippen LogP) is 1.73. The van der Waals surface area contributed by atoms with Gasteiger partial charge in [-0.2, -0.15) is 4.37 Å². The summed E-state index contributed by atoms with van der Waals surface area (Å²) >= 11 is 1.17. The molecule has 19 heavy (non-hydrogen) atoms. The van der Waals surface area contributed by atoms with Gasteiger partial charge < -0.3 is 10.2 Å². The van der Waals surface area contributed by atoms with Crippen LogP contribution in [0.1, 0.15) is 33.0 Å². The zero-order valence-electron chi connectivity index (χ0n) is 11.2. The number of urea groups is 1. The Morgan fingerprint density at radius 3 is 2.84 bits per heavy atom. The highest BCUT2D eigenvalue weighted by atomic mass is 32.1. The van der Waals surface area contributed by atoms with Crippen LogP contribution in [0.15, 0.2) is 5.16 Å². The van der Waals surface area contributed by atoms with Gasteiger partial charge in [0.2, 0.25) is 5.13 Å². The third-order valence-corrected chi connectivity index (χ3v) is 3.08. The summed E-state index contributed by atoms with van der Waals surface area (Å²) in [6.07, 6.45) is 0.757. The van der Waals surface area contributed by atoms with E-state index in [4.69, 9.17) is 4.84 Å². The van der Waals surface area contributed by atoms with Crippen LogP contribution < -0.4 is 10.6 Å². The molecule has 0 saturated carbocycles. The Balaban J connectivity index is 1.83. The lowest BCUT2D eigenvalue weighted by Gasteiger charge is -2.12. The molecular formula is C11H17N5O2S. The Kier molecular flexibility index (Phi) is 3.98. The third-order valence-electron chi connectivity index (χ3n) is 2.45. The fourth-order valence-electron chi connectivity index (χ4n) is 1.37. The van der Waals surface area contributed by atoms with E-state index >= 15 is 0 Å². The molecular weight excluding hydrogens is 266 g/mol. The van der Waals surface area contributed by atoms with Crippen LogP contribution >= 0.6 is 11.5 Å². The lowest BCUT2D eigenvalue weighted by atomic mass is 9.96. The molecule has 1 aromatic heterocycles. The van der Waals surface area contributed by atoms with Crippen molar-refractivity contribution in [1.82, 2.24) is 14.7 Å². The minimum atomic E-state index is -0.314. The van der Waals surface area contributed by atoms with Crippen molar-refractivity contribution in [3.8, 4) is 0 Å². The molecule has 0 saturated heterocycles. The molecule has 2 amide bonds. The van der Waals surface area contributed by atoms with Crippen LogP contribution in [-0.2, 0) is 10.3 Å². The summed E-state index contributed by atoms with van der Waals surface area (Å²) in [6.45, 7) is 7.05. The first-order valence-electron chi connectivity index (χ1n) is 6.02. The molecule has 0 bridgehead atoms. The maximum atomic E-state index is 11.6. The molecule has 2 heterocycles. The molecule has 0 spiro atoms. The molecule has 104 valence electrons. The average molecular weight is 283 g/mol. The molecule has 0 aromatic carbocycles. The normalized spacial score (nSPS) is 14.8. The zero-order valence-corrected chi connectivity index (χ0v) is 12.0. The van der Waals surface area contributed by atoms with E-state index in [2.05, 4.69) is 25.1 Å². The van der Waals surface area contributed by atoms with Gasteiger partial charge in [-0.25, -0.2) is 9.78 Å². The Hall–Kier alpha value is -1.70. The number of aromatic nitrogens is 2. The number of carbonyl (C=O) groups is 1. The average Bonchev–Trinajstić information content (AvgIpc) is 2.95. The van der Waals surface area contributed by atoms with Crippen LogP contribution in [0.3, 0.4) is 0 Å². The summed E-state index contributed by atoms with van der Waals surface area (Å²) in [5.41, 5.74) is 0.714. The first-order chi connectivity index (χ1) is 8.95. The smallest absolute Gasteiger partial charge is 0.321 e. The number of hydrogen-bond acceptors (Lipinski definition) is 6. The number of hydrogen-bond donors (Lipinski definition) is 2. The second-order valence-corrected chi connectivity index (χ2v) is 5.97.